The first-order valence-corrected chi connectivity index (χ1v) is 26.5. The van der Waals surface area contributed by atoms with Gasteiger partial charge in [0.1, 0.15) is 0 Å². The number of carbonyl (C=O) groups excluding carboxylic acids is 4. The van der Waals surface area contributed by atoms with E-state index in [1.54, 1.807) is 0 Å². The molecular weight excluding hydrogens is 937 g/mol. The van der Waals surface area contributed by atoms with Crippen LogP contribution in [0.15, 0.2) is 182 Å². The Morgan fingerprint density at radius 3 is 0.974 bits per heavy atom. The first-order valence-electron chi connectivity index (χ1n) is 26.5. The second kappa shape index (κ2) is 16.6. The van der Waals surface area contributed by atoms with Crippen molar-refractivity contribution in [1.29, 1.82) is 0 Å². The van der Waals surface area contributed by atoms with E-state index in [1.807, 2.05) is 36.4 Å². The minimum atomic E-state index is -0.307. The Labute approximate surface area is 436 Å². The summed E-state index contributed by atoms with van der Waals surface area (Å²) in [5.74, 6) is -1.21. The van der Waals surface area contributed by atoms with Crippen LogP contribution in [0.1, 0.15) is 81.0 Å². The maximum Gasteiger partial charge on any atom is 0.261 e. The molecule has 364 valence electrons. The Morgan fingerprint density at radius 1 is 0.303 bits per heavy atom. The highest BCUT2D eigenvalue weighted by atomic mass is 16.2. The van der Waals surface area contributed by atoms with Gasteiger partial charge in [0.2, 0.25) is 0 Å². The molecule has 0 saturated heterocycles. The summed E-state index contributed by atoms with van der Waals surface area (Å²) in [7, 11) is 0. The molecule has 8 nitrogen and oxygen atoms in total. The van der Waals surface area contributed by atoms with Crippen molar-refractivity contribution in [3.05, 3.63) is 204 Å². The highest BCUT2D eigenvalue weighted by Gasteiger charge is 2.38. The fourth-order valence-corrected chi connectivity index (χ4v) is 13.0. The lowest BCUT2D eigenvalue weighted by atomic mass is 9.78. The van der Waals surface area contributed by atoms with Crippen LogP contribution in [0.25, 0.3) is 120 Å². The third kappa shape index (κ3) is 6.01. The Hall–Kier alpha value is -9.40. The van der Waals surface area contributed by atoms with E-state index in [9.17, 15) is 9.59 Å². The number of fused-ring (bicyclic) bond motifs is 8. The maximum absolute atomic E-state index is 15.0. The molecule has 4 amide bonds. The van der Waals surface area contributed by atoms with Gasteiger partial charge in [0.15, 0.2) is 0 Å². The molecule has 76 heavy (non-hydrogen) atoms. The van der Waals surface area contributed by atoms with Gasteiger partial charge in [-0.25, -0.2) is 0 Å². The van der Waals surface area contributed by atoms with Gasteiger partial charge in [-0.15, -0.1) is 0 Å². The van der Waals surface area contributed by atoms with Crippen molar-refractivity contribution in [1.82, 2.24) is 18.9 Å². The second-order valence-corrected chi connectivity index (χ2v) is 20.6. The van der Waals surface area contributed by atoms with Gasteiger partial charge < -0.3 is 9.13 Å². The van der Waals surface area contributed by atoms with Crippen LogP contribution in [0.2, 0.25) is 0 Å². The summed E-state index contributed by atoms with van der Waals surface area (Å²) in [6, 6.07) is 62.8. The Morgan fingerprint density at radius 2 is 0.632 bits per heavy atom. The van der Waals surface area contributed by atoms with E-state index >= 15 is 9.59 Å². The van der Waals surface area contributed by atoms with Crippen LogP contribution in [0.5, 0.6) is 0 Å². The Bertz CT molecular complexity index is 4290. The lowest BCUT2D eigenvalue weighted by molar-refractivity contribution is 0.0593. The van der Waals surface area contributed by atoms with Gasteiger partial charge in [-0.1, -0.05) is 136 Å². The number of benzene rings is 11. The van der Waals surface area contributed by atoms with Gasteiger partial charge >= 0.3 is 0 Å². The molecule has 0 N–H and O–H groups in total. The summed E-state index contributed by atoms with van der Waals surface area (Å²) in [6.07, 6.45) is 3.04. The number of nitrogens with zero attached hydrogens (tertiary/aromatic N) is 4. The summed E-state index contributed by atoms with van der Waals surface area (Å²) < 4.78 is 4.59. The zero-order valence-corrected chi connectivity index (χ0v) is 42.0. The van der Waals surface area contributed by atoms with Crippen molar-refractivity contribution in [2.45, 2.75) is 39.5 Å². The van der Waals surface area contributed by atoms with E-state index in [2.05, 4.69) is 169 Å². The molecule has 0 aliphatic carbocycles. The molecule has 4 heterocycles. The lowest BCUT2D eigenvalue weighted by Crippen LogP contribution is -2.41. The smallest absolute Gasteiger partial charge is 0.261 e. The molecule has 15 rings (SSSR count). The molecule has 0 fully saturated rings. The van der Waals surface area contributed by atoms with Gasteiger partial charge in [0, 0.05) is 79.0 Å². The molecule has 2 aliphatic rings. The predicted octanol–water partition coefficient (Wildman–Crippen LogP) is 16.1. The number of carbonyl (C=O) groups is 4. The van der Waals surface area contributed by atoms with E-state index in [0.717, 1.165) is 101 Å². The first kappa shape index (κ1) is 44.1. The molecule has 0 saturated carbocycles. The number of imide groups is 2. The van der Waals surface area contributed by atoms with Crippen molar-refractivity contribution in [3.63, 3.8) is 0 Å². The molecule has 0 radical (unpaired) electrons. The highest BCUT2D eigenvalue weighted by molar-refractivity contribution is 6.44. The van der Waals surface area contributed by atoms with E-state index < -0.39 is 0 Å². The molecule has 2 aromatic heterocycles. The number of rotatable bonds is 10. The minimum Gasteiger partial charge on any atom is -0.309 e. The summed E-state index contributed by atoms with van der Waals surface area (Å²) in [5.41, 5.74) is 11.8. The van der Waals surface area contributed by atoms with Crippen molar-refractivity contribution >= 4 is 110 Å². The zero-order chi connectivity index (χ0) is 51.1. The minimum absolute atomic E-state index is 0.299. The highest BCUT2D eigenvalue weighted by Crippen LogP contribution is 2.52. The number of amides is 4. The molecule has 0 unspecified atom stereocenters. The maximum atomic E-state index is 15.0. The average Bonchev–Trinajstić information content (AvgIpc) is 4.10. The number of hydrogen-bond acceptors (Lipinski definition) is 4. The van der Waals surface area contributed by atoms with Crippen molar-refractivity contribution in [3.8, 4) is 33.6 Å². The standard InChI is InChI=1S/C68H48N4O4/c1-3-5-35-69-65(73)49-33-31-47-60-52(40-25-29-42(30-26-40)72-57-21-13-9-17-45(57)46-18-10-14-22-58(46)72)38-54-62-50(66(74)70(68(54)76)36-6-4-2)34-32-48(64(60)62)59-51(37-53(67(69)75)61(49)63(47)59)39-23-27-41(28-24-39)71-55-19-11-7-15-43(55)44-16-8-12-20-56(44)71/h7-34,37-38H,3-6,35-36H2,1-2H3. The fourth-order valence-electron chi connectivity index (χ4n) is 13.0. The van der Waals surface area contributed by atoms with Gasteiger partial charge in [0.05, 0.1) is 22.1 Å². The third-order valence-electron chi connectivity index (χ3n) is 16.5. The van der Waals surface area contributed by atoms with Crippen LogP contribution in [0, 0.1) is 0 Å². The van der Waals surface area contributed by atoms with Crippen LogP contribution in [-0.2, 0) is 0 Å². The van der Waals surface area contributed by atoms with E-state index in [1.165, 1.54) is 31.3 Å². The van der Waals surface area contributed by atoms with Crippen molar-refractivity contribution in [2.24, 2.45) is 0 Å². The van der Waals surface area contributed by atoms with Crippen LogP contribution < -0.4 is 0 Å². The SMILES string of the molecule is CCCCN1C(=O)c2ccc3c4c(-c5ccc(-n6c7ccccc7c7ccccc76)cc5)cc5c6c(ccc(c7c(-c8ccc(-n9c%10ccccc%10c%10ccccc%109)cc8)cc(c2c37)C1=O)c64)C(=O)N(CCCC)C5=O. The fraction of sp³-hybridized carbons (Fsp3) is 0.118. The third-order valence-corrected chi connectivity index (χ3v) is 16.5. The summed E-state index contributed by atoms with van der Waals surface area (Å²) in [4.78, 5) is 62.3. The Balaban J connectivity index is 1.03. The summed E-state index contributed by atoms with van der Waals surface area (Å²) in [6.45, 7) is 4.77. The normalized spacial score (nSPS) is 13.8. The topological polar surface area (TPSA) is 84.6 Å². The van der Waals surface area contributed by atoms with E-state index in [-0.39, 0.29) is 23.6 Å². The average molecular weight is 985 g/mol. The molecule has 0 atom stereocenters. The molecule has 13 aromatic rings. The van der Waals surface area contributed by atoms with Gasteiger partial charge in [0.25, 0.3) is 23.6 Å². The van der Waals surface area contributed by atoms with Crippen LogP contribution in [-0.4, -0.2) is 55.7 Å². The lowest BCUT2D eigenvalue weighted by Gasteiger charge is -2.31. The number of unbranched alkanes of at least 4 members (excludes halogenated alkanes) is 2. The zero-order valence-electron chi connectivity index (χ0n) is 42.0. The molecular formula is C68H48N4O4. The molecule has 0 bridgehead atoms. The summed E-state index contributed by atoms with van der Waals surface area (Å²) >= 11 is 0. The van der Waals surface area contributed by atoms with Crippen molar-refractivity contribution < 1.29 is 19.2 Å². The Kier molecular flexibility index (Phi) is 9.61. The van der Waals surface area contributed by atoms with Crippen LogP contribution in [0.4, 0.5) is 0 Å². The molecule has 0 spiro atoms. The van der Waals surface area contributed by atoms with Gasteiger partial charge in [-0.05, 0) is 140 Å². The molecule has 2 aliphatic heterocycles. The quantitative estimate of drug-likeness (QED) is 0.0776. The van der Waals surface area contributed by atoms with Gasteiger partial charge in [-0.2, -0.15) is 0 Å². The largest absolute Gasteiger partial charge is 0.309 e. The monoisotopic (exact) mass is 984 g/mol. The van der Waals surface area contributed by atoms with Crippen LogP contribution >= 0.6 is 0 Å². The van der Waals surface area contributed by atoms with E-state index in [0.29, 0.717) is 59.0 Å². The van der Waals surface area contributed by atoms with Gasteiger partial charge in [-0.3, -0.25) is 29.0 Å². The second-order valence-electron chi connectivity index (χ2n) is 20.6. The number of hydrogen-bond donors (Lipinski definition) is 0. The number of para-hydroxylation sites is 4. The molecule has 11 aromatic carbocycles. The predicted molar refractivity (Wildman–Crippen MR) is 308 cm³/mol. The molecule has 8 heteroatoms. The number of aromatic nitrogens is 2. The first-order chi connectivity index (χ1) is 37.3. The van der Waals surface area contributed by atoms with E-state index in [4.69, 9.17) is 0 Å². The summed E-state index contributed by atoms with van der Waals surface area (Å²) in [5, 5.41) is 11.0. The van der Waals surface area contributed by atoms with Crippen LogP contribution in [0.3, 0.4) is 0 Å². The van der Waals surface area contributed by atoms with Crippen molar-refractivity contribution in [2.75, 3.05) is 13.1 Å².